The fraction of sp³-hybridized carbons (Fsp3) is 0.273. The summed E-state index contributed by atoms with van der Waals surface area (Å²) in [5.41, 5.74) is 2.11. The standard InChI is InChI=1S/C11H13ClO3/c1-14-10-4-3-9(8-13)11(7-10)15-6-2-5-12/h2-5,7,13H,6,8H2,1H3/b5-2+. The Bertz CT molecular complexity index is 337. The van der Waals surface area contributed by atoms with Crippen molar-refractivity contribution in [2.24, 2.45) is 0 Å². The first-order valence-electron chi connectivity index (χ1n) is 4.47. The zero-order chi connectivity index (χ0) is 11.1. The van der Waals surface area contributed by atoms with Gasteiger partial charge in [-0.15, -0.1) is 0 Å². The maximum atomic E-state index is 9.07. The highest BCUT2D eigenvalue weighted by Crippen LogP contribution is 2.24. The Balaban J connectivity index is 2.81. The largest absolute Gasteiger partial charge is 0.497 e. The van der Waals surface area contributed by atoms with E-state index in [1.165, 1.54) is 5.54 Å². The summed E-state index contributed by atoms with van der Waals surface area (Å²) in [6.07, 6.45) is 1.67. The van der Waals surface area contributed by atoms with Crippen molar-refractivity contribution >= 4 is 11.6 Å². The van der Waals surface area contributed by atoms with E-state index in [0.717, 1.165) is 5.56 Å². The molecule has 0 aliphatic heterocycles. The van der Waals surface area contributed by atoms with E-state index in [1.807, 2.05) is 0 Å². The fourth-order valence-electron chi connectivity index (χ4n) is 1.10. The van der Waals surface area contributed by atoms with Crippen LogP contribution in [0.1, 0.15) is 5.56 Å². The minimum Gasteiger partial charge on any atom is -0.497 e. The number of hydrogen-bond donors (Lipinski definition) is 1. The topological polar surface area (TPSA) is 38.7 Å². The number of ether oxygens (including phenoxy) is 2. The van der Waals surface area contributed by atoms with Crippen molar-refractivity contribution in [1.82, 2.24) is 0 Å². The Morgan fingerprint density at radius 2 is 2.27 bits per heavy atom. The van der Waals surface area contributed by atoms with Crippen molar-refractivity contribution < 1.29 is 14.6 Å². The van der Waals surface area contributed by atoms with Crippen molar-refractivity contribution in [1.29, 1.82) is 0 Å². The van der Waals surface area contributed by atoms with Crippen LogP contribution in [0.4, 0.5) is 0 Å². The van der Waals surface area contributed by atoms with Gasteiger partial charge in [-0.05, 0) is 18.2 Å². The lowest BCUT2D eigenvalue weighted by Crippen LogP contribution is -1.98. The van der Waals surface area contributed by atoms with Gasteiger partial charge in [-0.3, -0.25) is 0 Å². The molecule has 4 heteroatoms. The van der Waals surface area contributed by atoms with Gasteiger partial charge in [-0.2, -0.15) is 0 Å². The predicted octanol–water partition coefficient (Wildman–Crippen LogP) is 2.32. The second kappa shape index (κ2) is 6.32. The van der Waals surface area contributed by atoms with Gasteiger partial charge in [0.1, 0.15) is 18.1 Å². The Morgan fingerprint density at radius 1 is 1.47 bits per heavy atom. The van der Waals surface area contributed by atoms with Gasteiger partial charge in [0, 0.05) is 17.2 Å². The maximum Gasteiger partial charge on any atom is 0.128 e. The van der Waals surface area contributed by atoms with Crippen LogP contribution in [-0.4, -0.2) is 18.8 Å². The smallest absolute Gasteiger partial charge is 0.128 e. The normalized spacial score (nSPS) is 10.6. The minimum atomic E-state index is -0.0656. The van der Waals surface area contributed by atoms with E-state index >= 15 is 0 Å². The first-order valence-corrected chi connectivity index (χ1v) is 4.91. The quantitative estimate of drug-likeness (QED) is 0.841. The van der Waals surface area contributed by atoms with E-state index in [1.54, 1.807) is 31.4 Å². The molecule has 1 N–H and O–H groups in total. The van der Waals surface area contributed by atoms with Crippen LogP contribution in [0.25, 0.3) is 0 Å². The van der Waals surface area contributed by atoms with Crippen molar-refractivity contribution in [2.45, 2.75) is 6.61 Å². The summed E-state index contributed by atoms with van der Waals surface area (Å²) in [4.78, 5) is 0. The molecule has 1 aromatic rings. The number of halogens is 1. The van der Waals surface area contributed by atoms with E-state index in [2.05, 4.69) is 0 Å². The van der Waals surface area contributed by atoms with E-state index < -0.39 is 0 Å². The minimum absolute atomic E-state index is 0.0656. The van der Waals surface area contributed by atoms with E-state index in [-0.39, 0.29) is 6.61 Å². The second-order valence-electron chi connectivity index (χ2n) is 2.80. The second-order valence-corrected chi connectivity index (χ2v) is 3.06. The van der Waals surface area contributed by atoms with E-state index in [9.17, 15) is 0 Å². The summed E-state index contributed by atoms with van der Waals surface area (Å²) in [7, 11) is 1.58. The highest BCUT2D eigenvalue weighted by atomic mass is 35.5. The van der Waals surface area contributed by atoms with Crippen molar-refractivity contribution in [3.05, 3.63) is 35.4 Å². The van der Waals surface area contributed by atoms with Gasteiger partial charge in [0.2, 0.25) is 0 Å². The summed E-state index contributed by atoms with van der Waals surface area (Å²) in [6.45, 7) is 0.299. The summed E-state index contributed by atoms with van der Waals surface area (Å²) in [5, 5.41) is 9.07. The molecule has 3 nitrogen and oxygen atoms in total. The van der Waals surface area contributed by atoms with E-state index in [4.69, 9.17) is 26.2 Å². The van der Waals surface area contributed by atoms with Crippen LogP contribution in [0.3, 0.4) is 0 Å². The van der Waals surface area contributed by atoms with Gasteiger partial charge in [-0.1, -0.05) is 11.6 Å². The molecular weight excluding hydrogens is 216 g/mol. The van der Waals surface area contributed by atoms with Crippen LogP contribution in [0.2, 0.25) is 0 Å². The molecule has 0 aliphatic rings. The molecule has 0 fully saturated rings. The zero-order valence-electron chi connectivity index (χ0n) is 8.44. The lowest BCUT2D eigenvalue weighted by molar-refractivity contribution is 0.269. The first-order chi connectivity index (χ1) is 7.31. The summed E-state index contributed by atoms with van der Waals surface area (Å²) in [6, 6.07) is 5.27. The maximum absolute atomic E-state index is 9.07. The lowest BCUT2D eigenvalue weighted by atomic mass is 10.2. The molecule has 82 valence electrons. The molecule has 0 bridgehead atoms. The molecule has 0 aromatic heterocycles. The Kier molecular flexibility index (Phi) is 5.01. The molecule has 0 radical (unpaired) electrons. The molecule has 0 unspecified atom stereocenters. The third-order valence-electron chi connectivity index (χ3n) is 1.87. The van der Waals surface area contributed by atoms with Crippen LogP contribution < -0.4 is 9.47 Å². The molecule has 1 aromatic carbocycles. The molecule has 0 saturated carbocycles. The van der Waals surface area contributed by atoms with Crippen LogP contribution in [0, 0.1) is 0 Å². The van der Waals surface area contributed by atoms with Crippen molar-refractivity contribution in [3.8, 4) is 11.5 Å². The SMILES string of the molecule is COc1ccc(CO)c(OC/C=C/Cl)c1. The monoisotopic (exact) mass is 228 g/mol. The lowest BCUT2D eigenvalue weighted by Gasteiger charge is -2.09. The summed E-state index contributed by atoms with van der Waals surface area (Å²) < 4.78 is 10.5. The molecule has 15 heavy (non-hydrogen) atoms. The Hall–Kier alpha value is -1.19. The molecule has 1 rings (SSSR count). The third-order valence-corrected chi connectivity index (χ3v) is 2.05. The van der Waals surface area contributed by atoms with Gasteiger partial charge in [0.15, 0.2) is 0 Å². The van der Waals surface area contributed by atoms with Gasteiger partial charge in [0.05, 0.1) is 13.7 Å². The van der Waals surface area contributed by atoms with Crippen molar-refractivity contribution in [3.63, 3.8) is 0 Å². The average molecular weight is 229 g/mol. The Labute approximate surface area is 93.9 Å². The highest BCUT2D eigenvalue weighted by molar-refractivity contribution is 6.25. The summed E-state index contributed by atoms with van der Waals surface area (Å²) >= 11 is 5.37. The molecule has 0 amide bonds. The van der Waals surface area contributed by atoms with Gasteiger partial charge in [-0.25, -0.2) is 0 Å². The molecule has 0 aliphatic carbocycles. The number of rotatable bonds is 5. The van der Waals surface area contributed by atoms with Gasteiger partial charge < -0.3 is 14.6 Å². The predicted molar refractivity (Wildman–Crippen MR) is 59.4 cm³/mol. The highest BCUT2D eigenvalue weighted by Gasteiger charge is 2.03. The van der Waals surface area contributed by atoms with Crippen LogP contribution in [-0.2, 0) is 6.61 Å². The van der Waals surface area contributed by atoms with Gasteiger partial charge >= 0.3 is 0 Å². The zero-order valence-corrected chi connectivity index (χ0v) is 9.20. The molecule has 0 heterocycles. The number of hydrogen-bond acceptors (Lipinski definition) is 3. The number of aliphatic hydroxyl groups is 1. The fourth-order valence-corrected chi connectivity index (χ4v) is 1.17. The van der Waals surface area contributed by atoms with Gasteiger partial charge in [0.25, 0.3) is 0 Å². The first kappa shape index (κ1) is 11.9. The molecule has 0 saturated heterocycles. The average Bonchev–Trinajstić information content (AvgIpc) is 2.29. The van der Waals surface area contributed by atoms with Crippen molar-refractivity contribution in [2.75, 3.05) is 13.7 Å². The molecule has 0 spiro atoms. The molecule has 0 atom stereocenters. The molecular formula is C11H13ClO3. The summed E-state index contributed by atoms with van der Waals surface area (Å²) in [5.74, 6) is 1.30. The van der Waals surface area contributed by atoms with Crippen LogP contribution >= 0.6 is 11.6 Å². The van der Waals surface area contributed by atoms with Crippen LogP contribution in [0.15, 0.2) is 29.8 Å². The Morgan fingerprint density at radius 3 is 2.87 bits per heavy atom. The van der Waals surface area contributed by atoms with E-state index in [0.29, 0.717) is 18.1 Å². The number of aliphatic hydroxyl groups excluding tert-OH is 1. The third kappa shape index (κ3) is 3.46. The number of benzene rings is 1. The van der Waals surface area contributed by atoms with Crippen LogP contribution in [0.5, 0.6) is 11.5 Å². The number of methoxy groups -OCH3 is 1.